The highest BCUT2D eigenvalue weighted by atomic mass is 19.1. The molecular formula is C24H33FN4O4. The highest BCUT2D eigenvalue weighted by molar-refractivity contribution is 6.01. The largest absolute Gasteiger partial charge is 0.468 e. The second-order valence-electron chi connectivity index (χ2n) is 9.27. The summed E-state index contributed by atoms with van der Waals surface area (Å²) in [4.78, 5) is 38.1. The van der Waals surface area contributed by atoms with E-state index in [9.17, 15) is 18.8 Å². The molecule has 9 heteroatoms. The summed E-state index contributed by atoms with van der Waals surface area (Å²) in [5.74, 6) is -0.297. The van der Waals surface area contributed by atoms with Crippen molar-refractivity contribution in [2.24, 2.45) is 5.92 Å². The van der Waals surface area contributed by atoms with Crippen molar-refractivity contribution in [3.05, 3.63) is 24.0 Å². The van der Waals surface area contributed by atoms with E-state index in [0.29, 0.717) is 42.8 Å². The van der Waals surface area contributed by atoms with Crippen molar-refractivity contribution in [2.75, 3.05) is 43.0 Å². The Kier molecular flexibility index (Phi) is 7.80. The van der Waals surface area contributed by atoms with Gasteiger partial charge in [-0.3, -0.25) is 24.6 Å². The Morgan fingerprint density at radius 2 is 1.85 bits per heavy atom. The monoisotopic (exact) mass is 460 g/mol. The molecule has 0 aromatic heterocycles. The first-order chi connectivity index (χ1) is 16.0. The first-order valence-corrected chi connectivity index (χ1v) is 12.0. The zero-order chi connectivity index (χ0) is 23.2. The van der Waals surface area contributed by atoms with Crippen LogP contribution in [0.2, 0.25) is 0 Å². The topological polar surface area (TPSA) is 91.0 Å². The van der Waals surface area contributed by atoms with Gasteiger partial charge in [0.1, 0.15) is 11.9 Å². The van der Waals surface area contributed by atoms with Gasteiger partial charge in [0.15, 0.2) is 0 Å². The third-order valence-electron chi connectivity index (χ3n) is 7.23. The van der Waals surface area contributed by atoms with Crippen LogP contribution in [0.15, 0.2) is 18.2 Å². The first kappa shape index (κ1) is 23.5. The third kappa shape index (κ3) is 6.01. The average Bonchev–Trinajstić information content (AvgIpc) is 2.82. The Morgan fingerprint density at radius 1 is 1.09 bits per heavy atom. The van der Waals surface area contributed by atoms with Gasteiger partial charge in [-0.2, -0.15) is 0 Å². The number of piperidine rings is 1. The summed E-state index contributed by atoms with van der Waals surface area (Å²) in [6.07, 6.45) is 6.32. The highest BCUT2D eigenvalue weighted by Gasteiger charge is 2.29. The molecular weight excluding hydrogens is 427 g/mol. The number of piperazine rings is 1. The number of benzene rings is 1. The predicted octanol–water partition coefficient (Wildman–Crippen LogP) is 2.29. The molecule has 0 bridgehead atoms. The van der Waals surface area contributed by atoms with E-state index in [4.69, 9.17) is 4.74 Å². The molecule has 2 saturated heterocycles. The van der Waals surface area contributed by atoms with Gasteiger partial charge in [-0.1, -0.05) is 0 Å². The molecule has 0 spiro atoms. The third-order valence-corrected chi connectivity index (χ3v) is 7.23. The number of carbonyl (C=O) groups is 3. The molecule has 4 rings (SSSR count). The minimum Gasteiger partial charge on any atom is -0.468 e. The maximum atomic E-state index is 14.9. The molecule has 0 radical (unpaired) electrons. The van der Waals surface area contributed by atoms with Crippen molar-refractivity contribution >= 4 is 29.7 Å². The number of hydrogen-bond acceptors (Lipinski definition) is 7. The number of anilines is 2. The van der Waals surface area contributed by atoms with E-state index in [1.165, 1.54) is 31.7 Å². The van der Waals surface area contributed by atoms with Crippen LogP contribution in [0.1, 0.15) is 44.9 Å². The summed E-state index contributed by atoms with van der Waals surface area (Å²) in [5, 5.41) is 5.34. The van der Waals surface area contributed by atoms with Gasteiger partial charge in [0.2, 0.25) is 11.8 Å². The van der Waals surface area contributed by atoms with Crippen molar-refractivity contribution in [3.8, 4) is 0 Å². The summed E-state index contributed by atoms with van der Waals surface area (Å²) in [6, 6.07) is 5.06. The van der Waals surface area contributed by atoms with E-state index in [1.54, 1.807) is 12.1 Å². The SMILES string of the molecule is O=COCCC1CCC(N2CCN(c3ccc(NC4CCC(=O)NC4=O)cc3F)CC2)CC1. The van der Waals surface area contributed by atoms with Crippen LogP contribution < -0.4 is 15.5 Å². The molecule has 2 N–H and O–H groups in total. The van der Waals surface area contributed by atoms with Gasteiger partial charge in [0.05, 0.1) is 12.3 Å². The molecule has 1 unspecified atom stereocenters. The summed E-state index contributed by atoms with van der Waals surface area (Å²) < 4.78 is 19.7. The van der Waals surface area contributed by atoms with Crippen LogP contribution in [-0.4, -0.2) is 68.1 Å². The lowest BCUT2D eigenvalue weighted by Gasteiger charge is -2.42. The molecule has 180 valence electrons. The van der Waals surface area contributed by atoms with Gasteiger partial charge in [0.25, 0.3) is 6.47 Å². The summed E-state index contributed by atoms with van der Waals surface area (Å²) in [7, 11) is 0. The Hall–Kier alpha value is -2.68. The van der Waals surface area contributed by atoms with Crippen molar-refractivity contribution in [2.45, 2.75) is 57.0 Å². The number of carbonyl (C=O) groups excluding carboxylic acids is 3. The molecule has 1 aromatic carbocycles. The van der Waals surface area contributed by atoms with Crippen molar-refractivity contribution in [3.63, 3.8) is 0 Å². The number of ether oxygens (including phenoxy) is 1. The van der Waals surface area contributed by atoms with Crippen LogP contribution in [-0.2, 0) is 19.1 Å². The Balaban J connectivity index is 1.25. The van der Waals surface area contributed by atoms with Crippen LogP contribution >= 0.6 is 0 Å². The maximum absolute atomic E-state index is 14.9. The zero-order valence-corrected chi connectivity index (χ0v) is 18.9. The number of imide groups is 1. The number of nitrogens with zero attached hydrogens (tertiary/aromatic N) is 2. The normalized spacial score (nSPS) is 26.6. The highest BCUT2D eigenvalue weighted by Crippen LogP contribution is 2.31. The lowest BCUT2D eigenvalue weighted by Crippen LogP contribution is -2.51. The molecule has 8 nitrogen and oxygen atoms in total. The number of halogens is 1. The smallest absolute Gasteiger partial charge is 0.293 e. The Labute approximate surface area is 193 Å². The van der Waals surface area contributed by atoms with Gasteiger partial charge in [-0.05, 0) is 62.6 Å². The average molecular weight is 461 g/mol. The van der Waals surface area contributed by atoms with E-state index in [-0.39, 0.29) is 24.1 Å². The fourth-order valence-corrected chi connectivity index (χ4v) is 5.30. The second-order valence-corrected chi connectivity index (χ2v) is 9.27. The zero-order valence-electron chi connectivity index (χ0n) is 18.9. The molecule has 2 heterocycles. The van der Waals surface area contributed by atoms with Crippen LogP contribution in [0, 0.1) is 11.7 Å². The Morgan fingerprint density at radius 3 is 2.52 bits per heavy atom. The van der Waals surface area contributed by atoms with Crippen molar-refractivity contribution in [1.82, 2.24) is 10.2 Å². The molecule has 3 aliphatic rings. The fourth-order valence-electron chi connectivity index (χ4n) is 5.30. The number of hydrogen-bond donors (Lipinski definition) is 2. The van der Waals surface area contributed by atoms with E-state index in [0.717, 1.165) is 32.6 Å². The van der Waals surface area contributed by atoms with E-state index >= 15 is 0 Å². The van der Waals surface area contributed by atoms with Gasteiger partial charge >= 0.3 is 0 Å². The summed E-state index contributed by atoms with van der Waals surface area (Å²) in [6.45, 7) is 4.44. The van der Waals surface area contributed by atoms with Gasteiger partial charge in [-0.15, -0.1) is 0 Å². The van der Waals surface area contributed by atoms with E-state index < -0.39 is 6.04 Å². The molecule has 3 fully saturated rings. The minimum absolute atomic E-state index is 0.268. The number of amides is 2. The Bertz CT molecular complexity index is 851. The number of nitrogens with one attached hydrogen (secondary N) is 2. The van der Waals surface area contributed by atoms with E-state index in [1.807, 2.05) is 0 Å². The summed E-state index contributed by atoms with van der Waals surface area (Å²) >= 11 is 0. The second kappa shape index (κ2) is 11.0. The number of rotatable bonds is 8. The van der Waals surface area contributed by atoms with Gasteiger partial charge < -0.3 is 15.0 Å². The van der Waals surface area contributed by atoms with Crippen LogP contribution in [0.5, 0.6) is 0 Å². The molecule has 2 aliphatic heterocycles. The molecule has 1 aromatic rings. The lowest BCUT2D eigenvalue weighted by molar-refractivity contribution is -0.133. The van der Waals surface area contributed by atoms with Crippen molar-refractivity contribution in [1.29, 1.82) is 0 Å². The van der Waals surface area contributed by atoms with E-state index in [2.05, 4.69) is 20.4 Å². The predicted molar refractivity (Wildman–Crippen MR) is 122 cm³/mol. The molecule has 1 saturated carbocycles. The molecule has 33 heavy (non-hydrogen) atoms. The van der Waals surface area contributed by atoms with Crippen LogP contribution in [0.4, 0.5) is 15.8 Å². The molecule has 1 atom stereocenters. The fraction of sp³-hybridized carbons (Fsp3) is 0.625. The summed E-state index contributed by atoms with van der Waals surface area (Å²) in [5.41, 5.74) is 1.13. The van der Waals surface area contributed by atoms with Gasteiger partial charge in [0, 0.05) is 44.3 Å². The molecule has 2 amide bonds. The molecule has 1 aliphatic carbocycles. The van der Waals surface area contributed by atoms with Gasteiger partial charge in [-0.25, -0.2) is 4.39 Å². The standard InChI is InChI=1S/C24H33FN4O4/c25-20-15-18(26-21-6-8-23(31)27-24(21)32)3-7-22(20)29-12-10-28(11-13-29)19-4-1-17(2-5-19)9-14-33-16-30/h3,7,15-17,19,21,26H,1-2,4-6,8-14H2,(H,27,31,32). The van der Waals surface area contributed by atoms with Crippen LogP contribution in [0.25, 0.3) is 0 Å². The maximum Gasteiger partial charge on any atom is 0.293 e. The lowest BCUT2D eigenvalue weighted by atomic mass is 9.83. The first-order valence-electron chi connectivity index (χ1n) is 12.0. The minimum atomic E-state index is -0.524. The van der Waals surface area contributed by atoms with Crippen LogP contribution in [0.3, 0.4) is 0 Å². The van der Waals surface area contributed by atoms with Crippen molar-refractivity contribution < 1.29 is 23.5 Å². The quantitative estimate of drug-likeness (QED) is 0.349.